The van der Waals surface area contributed by atoms with Crippen molar-refractivity contribution in [3.05, 3.63) is 36.7 Å². The largest absolute Gasteiger partial charge is 0.476 e. The number of ether oxygens (including phenoxy) is 3. The number of hydrogen-bond acceptors (Lipinski definition) is 12. The number of imidazole rings is 1. The first-order chi connectivity index (χ1) is 20.9. The van der Waals surface area contributed by atoms with Gasteiger partial charge >= 0.3 is 13.7 Å². The maximum atomic E-state index is 16.3. The number of benzene rings is 1. The molecule has 1 saturated carbocycles. The van der Waals surface area contributed by atoms with Crippen LogP contribution in [0, 0.1) is 0 Å². The van der Waals surface area contributed by atoms with Crippen molar-refractivity contribution < 1.29 is 42.1 Å². The first-order valence-electron chi connectivity index (χ1n) is 14.6. The Morgan fingerprint density at radius 2 is 1.91 bits per heavy atom. The summed E-state index contributed by atoms with van der Waals surface area (Å²) in [5.41, 5.74) is 6.30. The summed E-state index contributed by atoms with van der Waals surface area (Å²) in [5, 5.41) is 13.0. The quantitative estimate of drug-likeness (QED) is 0.157. The number of rotatable bonds is 15. The van der Waals surface area contributed by atoms with E-state index in [-0.39, 0.29) is 34.8 Å². The van der Waals surface area contributed by atoms with Gasteiger partial charge in [0.05, 0.1) is 12.9 Å². The first kappa shape index (κ1) is 33.5. The number of para-hydroxylation sites is 1. The Balaban J connectivity index is 1.52. The summed E-state index contributed by atoms with van der Waals surface area (Å²) >= 11 is 0. The molecule has 1 aromatic carbocycles. The molecule has 2 heterocycles. The highest BCUT2D eigenvalue weighted by atomic mass is 31.2. The second kappa shape index (κ2) is 14.6. The maximum absolute atomic E-state index is 16.3. The van der Waals surface area contributed by atoms with Crippen molar-refractivity contribution in [2.75, 3.05) is 18.9 Å². The molecule has 0 amide bonds. The highest BCUT2D eigenvalue weighted by Crippen LogP contribution is 2.46. The van der Waals surface area contributed by atoms with E-state index in [2.05, 4.69) is 20.0 Å². The van der Waals surface area contributed by atoms with E-state index in [0.29, 0.717) is 6.61 Å². The number of aliphatic hydroxyl groups excluding tert-OH is 1. The van der Waals surface area contributed by atoms with Gasteiger partial charge in [0, 0.05) is 0 Å². The van der Waals surface area contributed by atoms with Gasteiger partial charge in [0.2, 0.25) is 11.8 Å². The third-order valence-electron chi connectivity index (χ3n) is 7.01. The van der Waals surface area contributed by atoms with Gasteiger partial charge in [-0.25, -0.2) is 13.9 Å². The van der Waals surface area contributed by atoms with Crippen LogP contribution >= 0.6 is 7.75 Å². The van der Waals surface area contributed by atoms with Crippen molar-refractivity contribution in [1.29, 1.82) is 0 Å². The Labute approximate surface area is 255 Å². The van der Waals surface area contributed by atoms with Crippen molar-refractivity contribution >= 4 is 30.8 Å². The molecule has 3 aromatic rings. The minimum absolute atomic E-state index is 0.0959. The summed E-state index contributed by atoms with van der Waals surface area (Å²) in [7, 11) is -4.46. The number of nitrogens with two attached hydrogens (primary N) is 1. The van der Waals surface area contributed by atoms with Crippen LogP contribution < -0.4 is 20.1 Å². The first-order valence-corrected chi connectivity index (χ1v) is 16.1. The number of alkyl halides is 1. The lowest BCUT2D eigenvalue weighted by Gasteiger charge is -2.33. The van der Waals surface area contributed by atoms with Gasteiger partial charge in [-0.15, -0.1) is 0 Å². The molecule has 0 spiro atoms. The minimum atomic E-state index is -4.46. The Kier molecular flexibility index (Phi) is 11.1. The minimum Gasteiger partial charge on any atom is -0.476 e. The number of anilines is 1. The van der Waals surface area contributed by atoms with Gasteiger partial charge in [-0.05, 0) is 65.5 Å². The molecule has 0 bridgehead atoms. The topological polar surface area (TPSA) is 182 Å². The number of hydrogen-bond donors (Lipinski definition) is 3. The van der Waals surface area contributed by atoms with Gasteiger partial charge in [-0.2, -0.15) is 15.1 Å². The molecule has 1 fully saturated rings. The predicted molar refractivity (Wildman–Crippen MR) is 158 cm³/mol. The van der Waals surface area contributed by atoms with Crippen LogP contribution in [0.3, 0.4) is 0 Å². The van der Waals surface area contributed by atoms with Crippen LogP contribution in [0.15, 0.2) is 36.7 Å². The molecule has 0 saturated heterocycles. The van der Waals surface area contributed by atoms with Gasteiger partial charge in [0.15, 0.2) is 11.2 Å². The lowest BCUT2D eigenvalue weighted by atomic mass is 9.98. The summed E-state index contributed by atoms with van der Waals surface area (Å²) in [6.07, 6.45) is 2.70. The molecule has 0 radical (unpaired) electrons. The van der Waals surface area contributed by atoms with Crippen LogP contribution in [0.25, 0.3) is 11.2 Å². The second-order valence-corrected chi connectivity index (χ2v) is 12.2. The number of esters is 1. The van der Waals surface area contributed by atoms with E-state index < -0.39 is 44.6 Å². The van der Waals surface area contributed by atoms with Crippen molar-refractivity contribution in [1.82, 2.24) is 24.6 Å². The third-order valence-corrected chi connectivity index (χ3v) is 8.63. The molecular formula is C28H40FN6O8P. The zero-order chi connectivity index (χ0) is 31.9. The standard InChI is InChI=1S/C28H40FN6O8P/c1-5-39-25-23-24(32-27(30)33-25)35(17-31-23)20(4)42-28(29,19(3)36)16-40-44(38,43-22-14-10-7-11-15-22)34-18(2)26(37)41-21-12-8-6-9-13-21/h7,10-11,14-15,17-21,36H,5-6,8-9,12-13,16H2,1-4H3,(H,34,38)(H2,30,32,33)/t18?,19-,20+,28+,44?/m0/s1. The summed E-state index contributed by atoms with van der Waals surface area (Å²) in [6.45, 7) is 5.09. The Bertz CT molecular complexity index is 1440. The van der Waals surface area contributed by atoms with E-state index in [4.69, 9.17) is 29.0 Å². The number of carbonyl (C=O) groups is 1. The van der Waals surface area contributed by atoms with Crippen molar-refractivity contribution in [2.24, 2.45) is 0 Å². The number of aromatic nitrogens is 4. The molecule has 14 nitrogen and oxygen atoms in total. The van der Waals surface area contributed by atoms with E-state index >= 15 is 4.39 Å². The maximum Gasteiger partial charge on any atom is 0.459 e. The Hall–Kier alpha value is -3.36. The van der Waals surface area contributed by atoms with Crippen LogP contribution in [-0.4, -0.2) is 67.9 Å². The number of nitrogens with zero attached hydrogens (tertiary/aromatic N) is 4. The van der Waals surface area contributed by atoms with Gasteiger partial charge in [0.25, 0.3) is 5.85 Å². The molecule has 2 unspecified atom stereocenters. The van der Waals surface area contributed by atoms with Gasteiger partial charge in [0.1, 0.15) is 36.8 Å². The van der Waals surface area contributed by atoms with Crippen molar-refractivity contribution in [3.8, 4) is 11.6 Å². The molecular weight excluding hydrogens is 598 g/mol. The summed E-state index contributed by atoms with van der Waals surface area (Å²) in [4.78, 5) is 25.3. The fraction of sp³-hybridized carbons (Fsp3) is 0.571. The highest BCUT2D eigenvalue weighted by molar-refractivity contribution is 7.52. The average Bonchev–Trinajstić information content (AvgIpc) is 3.41. The van der Waals surface area contributed by atoms with E-state index in [9.17, 15) is 14.5 Å². The number of nitrogen functional groups attached to an aromatic ring is 1. The smallest absolute Gasteiger partial charge is 0.459 e. The molecule has 16 heteroatoms. The van der Waals surface area contributed by atoms with E-state index in [0.717, 1.165) is 39.0 Å². The molecule has 0 aliphatic heterocycles. The van der Waals surface area contributed by atoms with Crippen molar-refractivity contribution in [2.45, 2.75) is 90.1 Å². The molecule has 5 atom stereocenters. The summed E-state index contributed by atoms with van der Waals surface area (Å²) in [6, 6.07) is 6.92. The van der Waals surface area contributed by atoms with Crippen LogP contribution in [0.1, 0.15) is 66.0 Å². The zero-order valence-corrected chi connectivity index (χ0v) is 26.1. The van der Waals surface area contributed by atoms with Gasteiger partial charge in [-0.3, -0.25) is 13.9 Å². The van der Waals surface area contributed by atoms with Crippen LogP contribution in [-0.2, 0) is 23.4 Å². The number of carbonyl (C=O) groups excluding carboxylic acids is 1. The third kappa shape index (κ3) is 8.42. The second-order valence-electron chi connectivity index (χ2n) is 10.5. The lowest BCUT2D eigenvalue weighted by molar-refractivity contribution is -0.253. The molecule has 242 valence electrons. The Morgan fingerprint density at radius 1 is 1.20 bits per heavy atom. The molecule has 4 rings (SSSR count). The molecule has 2 aromatic heterocycles. The van der Waals surface area contributed by atoms with E-state index in [1.54, 1.807) is 25.1 Å². The van der Waals surface area contributed by atoms with E-state index in [1.165, 1.54) is 36.9 Å². The highest BCUT2D eigenvalue weighted by Gasteiger charge is 2.44. The van der Waals surface area contributed by atoms with Crippen LogP contribution in [0.5, 0.6) is 11.6 Å². The number of aliphatic hydroxyl groups is 1. The van der Waals surface area contributed by atoms with E-state index in [1.807, 2.05) is 0 Å². The van der Waals surface area contributed by atoms with Gasteiger partial charge in [-0.1, -0.05) is 24.6 Å². The van der Waals surface area contributed by atoms with Gasteiger partial charge < -0.3 is 29.6 Å². The lowest BCUT2D eigenvalue weighted by Crippen LogP contribution is -2.45. The summed E-state index contributed by atoms with van der Waals surface area (Å²) in [5.74, 6) is -3.38. The fourth-order valence-corrected chi connectivity index (χ4v) is 6.13. The zero-order valence-electron chi connectivity index (χ0n) is 25.2. The SMILES string of the molecule is CCOc1nc(N)nc2c1ncn2[C@@H](C)O[C@](F)(COP(=O)(NC(C)C(=O)OC1CCCCC1)Oc1ccccc1)[C@H](C)O. The number of nitrogens with one attached hydrogen (secondary N) is 1. The predicted octanol–water partition coefficient (Wildman–Crippen LogP) is 4.45. The number of fused-ring (bicyclic) bond motifs is 1. The molecule has 4 N–H and O–H groups in total. The molecule has 1 aliphatic carbocycles. The van der Waals surface area contributed by atoms with Crippen molar-refractivity contribution in [3.63, 3.8) is 0 Å². The monoisotopic (exact) mass is 638 g/mol. The number of halogens is 1. The fourth-order valence-electron chi connectivity index (χ4n) is 4.63. The normalized spacial score (nSPS) is 19.0. The average molecular weight is 639 g/mol. The van der Waals surface area contributed by atoms with Crippen LogP contribution in [0.2, 0.25) is 0 Å². The summed E-state index contributed by atoms with van der Waals surface area (Å²) < 4.78 is 59.5. The molecule has 44 heavy (non-hydrogen) atoms. The van der Waals surface area contributed by atoms with Crippen LogP contribution in [0.4, 0.5) is 10.3 Å². The molecule has 1 aliphatic rings. The Morgan fingerprint density at radius 3 is 2.57 bits per heavy atom.